The maximum absolute atomic E-state index is 11.2. The van der Waals surface area contributed by atoms with Gasteiger partial charge in [-0.25, -0.2) is 9.78 Å². The second-order valence-corrected chi connectivity index (χ2v) is 4.84. The molecule has 2 rings (SSSR count). The Morgan fingerprint density at radius 1 is 1.71 bits per heavy atom. The highest BCUT2D eigenvalue weighted by Crippen LogP contribution is 2.25. The van der Waals surface area contributed by atoms with Crippen molar-refractivity contribution in [3.63, 3.8) is 0 Å². The molecule has 1 saturated heterocycles. The van der Waals surface area contributed by atoms with Gasteiger partial charge < -0.3 is 14.7 Å². The van der Waals surface area contributed by atoms with E-state index in [9.17, 15) is 4.79 Å². The first-order chi connectivity index (χ1) is 8.11. The van der Waals surface area contributed by atoms with Crippen LogP contribution in [0.2, 0.25) is 0 Å². The van der Waals surface area contributed by atoms with E-state index >= 15 is 0 Å². The molecule has 17 heavy (non-hydrogen) atoms. The highest BCUT2D eigenvalue weighted by atomic mass is 79.9. The lowest BCUT2D eigenvalue weighted by atomic mass is 10.2. The van der Waals surface area contributed by atoms with Crippen LogP contribution in [0.5, 0.6) is 0 Å². The number of ether oxygens (including phenoxy) is 1. The first-order valence-electron chi connectivity index (χ1n) is 5.28. The molecule has 0 aromatic carbocycles. The highest BCUT2D eigenvalue weighted by Gasteiger charge is 2.26. The molecule has 1 unspecified atom stereocenters. The van der Waals surface area contributed by atoms with Gasteiger partial charge in [0, 0.05) is 30.9 Å². The standard InChI is InChI=1S/C11H13BrN2O3/c1-17-8-2-3-14(6-8)10-9(11(15)16)4-7(12)5-13-10/h4-5,8H,2-3,6H2,1H3,(H,15,16). The lowest BCUT2D eigenvalue weighted by Crippen LogP contribution is -2.25. The summed E-state index contributed by atoms with van der Waals surface area (Å²) in [4.78, 5) is 17.3. The third kappa shape index (κ3) is 2.58. The molecule has 6 heteroatoms. The summed E-state index contributed by atoms with van der Waals surface area (Å²) in [6.45, 7) is 1.46. The van der Waals surface area contributed by atoms with Gasteiger partial charge in [0.25, 0.3) is 0 Å². The molecule has 1 aliphatic rings. The zero-order valence-electron chi connectivity index (χ0n) is 9.39. The average molecular weight is 301 g/mol. The van der Waals surface area contributed by atoms with Crippen molar-refractivity contribution in [1.29, 1.82) is 0 Å². The Kier molecular flexibility index (Phi) is 3.63. The van der Waals surface area contributed by atoms with Gasteiger partial charge in [0.05, 0.1) is 6.10 Å². The van der Waals surface area contributed by atoms with Crippen molar-refractivity contribution in [2.24, 2.45) is 0 Å². The van der Waals surface area contributed by atoms with Crippen molar-refractivity contribution in [3.05, 3.63) is 22.3 Å². The van der Waals surface area contributed by atoms with Gasteiger partial charge in [0.1, 0.15) is 11.4 Å². The summed E-state index contributed by atoms with van der Waals surface area (Å²) >= 11 is 3.23. The number of hydrogen-bond donors (Lipinski definition) is 1. The van der Waals surface area contributed by atoms with Crippen LogP contribution in [0, 0.1) is 0 Å². The molecular weight excluding hydrogens is 288 g/mol. The Morgan fingerprint density at radius 3 is 3.06 bits per heavy atom. The number of aromatic carboxylic acids is 1. The van der Waals surface area contributed by atoms with E-state index in [1.807, 2.05) is 4.90 Å². The smallest absolute Gasteiger partial charge is 0.339 e. The molecule has 0 spiro atoms. The Hall–Kier alpha value is -1.14. The number of pyridine rings is 1. The summed E-state index contributed by atoms with van der Waals surface area (Å²) in [6, 6.07) is 1.57. The number of rotatable bonds is 3. The number of carbonyl (C=O) groups is 1. The fourth-order valence-corrected chi connectivity index (χ4v) is 2.29. The second-order valence-electron chi connectivity index (χ2n) is 3.92. The molecule has 1 atom stereocenters. The highest BCUT2D eigenvalue weighted by molar-refractivity contribution is 9.10. The number of aromatic nitrogens is 1. The van der Waals surface area contributed by atoms with E-state index in [2.05, 4.69) is 20.9 Å². The normalized spacial score (nSPS) is 19.6. The third-order valence-electron chi connectivity index (χ3n) is 2.84. The predicted octanol–water partition coefficient (Wildman–Crippen LogP) is 1.77. The zero-order valence-corrected chi connectivity index (χ0v) is 11.0. The van der Waals surface area contributed by atoms with E-state index < -0.39 is 5.97 Å². The van der Waals surface area contributed by atoms with Gasteiger partial charge in [-0.05, 0) is 28.4 Å². The van der Waals surface area contributed by atoms with E-state index in [1.54, 1.807) is 19.4 Å². The minimum atomic E-state index is -0.963. The molecule has 0 amide bonds. The zero-order chi connectivity index (χ0) is 12.4. The summed E-state index contributed by atoms with van der Waals surface area (Å²) in [5.41, 5.74) is 0.219. The lowest BCUT2D eigenvalue weighted by molar-refractivity contribution is 0.0697. The molecule has 1 aliphatic heterocycles. The summed E-state index contributed by atoms with van der Waals surface area (Å²) < 4.78 is 5.93. The van der Waals surface area contributed by atoms with Gasteiger partial charge in [-0.15, -0.1) is 0 Å². The molecular formula is C11H13BrN2O3. The van der Waals surface area contributed by atoms with Crippen LogP contribution in [0.15, 0.2) is 16.7 Å². The molecule has 5 nitrogen and oxygen atoms in total. The van der Waals surface area contributed by atoms with Crippen LogP contribution in [-0.4, -0.2) is 42.4 Å². The van der Waals surface area contributed by atoms with Crippen molar-refractivity contribution in [1.82, 2.24) is 4.98 Å². The molecule has 1 fully saturated rings. The number of nitrogens with zero attached hydrogens (tertiary/aromatic N) is 2. The maximum atomic E-state index is 11.2. The van der Waals surface area contributed by atoms with Crippen LogP contribution >= 0.6 is 15.9 Å². The molecule has 1 N–H and O–H groups in total. The van der Waals surface area contributed by atoms with Gasteiger partial charge in [-0.2, -0.15) is 0 Å². The van der Waals surface area contributed by atoms with Crippen molar-refractivity contribution >= 4 is 27.7 Å². The van der Waals surface area contributed by atoms with E-state index in [1.165, 1.54) is 0 Å². The number of carboxylic acids is 1. The Labute approximate surface area is 108 Å². The molecule has 1 aromatic rings. The van der Waals surface area contributed by atoms with Crippen LogP contribution in [0.25, 0.3) is 0 Å². The van der Waals surface area contributed by atoms with E-state index in [-0.39, 0.29) is 11.7 Å². The molecule has 0 saturated carbocycles. The van der Waals surface area contributed by atoms with Gasteiger partial charge in [-0.3, -0.25) is 0 Å². The van der Waals surface area contributed by atoms with Crippen LogP contribution in [0.3, 0.4) is 0 Å². The summed E-state index contributed by atoms with van der Waals surface area (Å²) in [5, 5.41) is 9.15. The minimum absolute atomic E-state index is 0.155. The largest absolute Gasteiger partial charge is 0.478 e. The number of hydrogen-bond acceptors (Lipinski definition) is 4. The predicted molar refractivity (Wildman–Crippen MR) is 66.5 cm³/mol. The van der Waals surface area contributed by atoms with Crippen molar-refractivity contribution in [2.45, 2.75) is 12.5 Å². The van der Waals surface area contributed by atoms with Gasteiger partial charge >= 0.3 is 5.97 Å². The first kappa shape index (κ1) is 12.3. The molecule has 0 aliphatic carbocycles. The maximum Gasteiger partial charge on any atom is 0.339 e. The first-order valence-corrected chi connectivity index (χ1v) is 6.07. The third-order valence-corrected chi connectivity index (χ3v) is 3.28. The van der Waals surface area contributed by atoms with Crippen LogP contribution in [0.4, 0.5) is 5.82 Å². The number of carboxylic acid groups (broad SMARTS) is 1. The van der Waals surface area contributed by atoms with E-state index in [0.717, 1.165) is 13.0 Å². The lowest BCUT2D eigenvalue weighted by Gasteiger charge is -2.19. The van der Waals surface area contributed by atoms with Crippen molar-refractivity contribution < 1.29 is 14.6 Å². The molecule has 2 heterocycles. The number of methoxy groups -OCH3 is 1. The van der Waals surface area contributed by atoms with E-state index in [0.29, 0.717) is 16.8 Å². The van der Waals surface area contributed by atoms with Gasteiger partial charge in [-0.1, -0.05) is 0 Å². The SMILES string of the molecule is COC1CCN(c2ncc(Br)cc2C(=O)O)C1. The topological polar surface area (TPSA) is 62.7 Å². The van der Waals surface area contributed by atoms with Crippen LogP contribution in [-0.2, 0) is 4.74 Å². The molecule has 92 valence electrons. The van der Waals surface area contributed by atoms with Gasteiger partial charge in [0.2, 0.25) is 0 Å². The molecule has 0 radical (unpaired) electrons. The fraction of sp³-hybridized carbons (Fsp3) is 0.455. The van der Waals surface area contributed by atoms with E-state index in [4.69, 9.17) is 9.84 Å². The summed E-state index contributed by atoms with van der Waals surface area (Å²) in [5.74, 6) is -0.449. The summed E-state index contributed by atoms with van der Waals surface area (Å²) in [6.07, 6.45) is 2.66. The van der Waals surface area contributed by atoms with Crippen molar-refractivity contribution in [3.8, 4) is 0 Å². The Balaban J connectivity index is 2.29. The molecule has 1 aromatic heterocycles. The number of anilines is 1. The van der Waals surface area contributed by atoms with Crippen LogP contribution in [0.1, 0.15) is 16.8 Å². The minimum Gasteiger partial charge on any atom is -0.478 e. The average Bonchev–Trinajstić information content (AvgIpc) is 2.77. The quantitative estimate of drug-likeness (QED) is 0.922. The monoisotopic (exact) mass is 300 g/mol. The summed E-state index contributed by atoms with van der Waals surface area (Å²) in [7, 11) is 1.67. The van der Waals surface area contributed by atoms with Gasteiger partial charge in [0.15, 0.2) is 0 Å². The van der Waals surface area contributed by atoms with Crippen molar-refractivity contribution in [2.75, 3.05) is 25.1 Å². The van der Waals surface area contributed by atoms with Crippen LogP contribution < -0.4 is 4.90 Å². The Morgan fingerprint density at radius 2 is 2.47 bits per heavy atom. The Bertz CT molecular complexity index is 439. The number of halogens is 1. The fourth-order valence-electron chi connectivity index (χ4n) is 1.95. The molecule has 0 bridgehead atoms. The second kappa shape index (κ2) is 5.01.